The van der Waals surface area contributed by atoms with Gasteiger partial charge in [0.25, 0.3) is 0 Å². The summed E-state index contributed by atoms with van der Waals surface area (Å²) in [5.74, 6) is -2.66. The lowest BCUT2D eigenvalue weighted by atomic mass is 10.00. The summed E-state index contributed by atoms with van der Waals surface area (Å²) >= 11 is -4.07. The maximum absolute atomic E-state index is 11.7. The van der Waals surface area contributed by atoms with E-state index in [-0.39, 0.29) is 9.13 Å². The molecule has 0 saturated carbocycles. The molecule has 2 N–H and O–H groups in total. The van der Waals surface area contributed by atoms with Crippen molar-refractivity contribution in [3.8, 4) is 0 Å². The van der Waals surface area contributed by atoms with Crippen LogP contribution in [0.5, 0.6) is 0 Å². The van der Waals surface area contributed by atoms with Crippen LogP contribution in [0.15, 0.2) is 12.1 Å². The van der Waals surface area contributed by atoms with Gasteiger partial charge in [-0.1, -0.05) is 103 Å². The summed E-state index contributed by atoms with van der Waals surface area (Å²) in [6.45, 7) is 2.25. The monoisotopic (exact) mass is 576 g/mol. The minimum Gasteiger partial charge on any atom is -0.478 e. The predicted molar refractivity (Wildman–Crippen MR) is 138 cm³/mol. The minimum absolute atomic E-state index is 0.169. The standard InChI is InChI=1S/C26H41IO6/c1-2-3-4-5-6-7-8-9-10-11-12-13-14-15-16-17-18-21-19-22(25(28)29)20-23(26(30)31)24(21)27(32)33/h19-20H,2-18H2,1H3,(H,28,29)(H,30,31). The van der Waals surface area contributed by atoms with Gasteiger partial charge in [-0.15, -0.1) is 0 Å². The lowest BCUT2D eigenvalue weighted by Gasteiger charge is -2.09. The van der Waals surface area contributed by atoms with E-state index >= 15 is 0 Å². The SMILES string of the molecule is CCCCCCCCCCCCCCCCCCc1cc(C(=O)O)cc(C(=O)O)c1I(=O)=O. The van der Waals surface area contributed by atoms with Crippen LogP contribution in [-0.4, -0.2) is 22.2 Å². The Labute approximate surface area is 205 Å². The largest absolute Gasteiger partial charge is 0.478 e. The summed E-state index contributed by atoms with van der Waals surface area (Å²) in [5, 5.41) is 18.5. The molecule has 33 heavy (non-hydrogen) atoms. The zero-order valence-electron chi connectivity index (χ0n) is 20.1. The van der Waals surface area contributed by atoms with E-state index in [0.717, 1.165) is 31.7 Å². The van der Waals surface area contributed by atoms with Crippen LogP contribution in [0.1, 0.15) is 136 Å². The van der Waals surface area contributed by atoms with Crippen LogP contribution in [-0.2, 0) is 12.6 Å². The molecule has 0 aliphatic rings. The Hall–Kier alpha value is -1.51. The molecular weight excluding hydrogens is 535 g/mol. The molecule has 0 aliphatic carbocycles. The highest BCUT2D eigenvalue weighted by molar-refractivity contribution is 14.2. The van der Waals surface area contributed by atoms with Crippen LogP contribution >= 0.6 is 19.8 Å². The Kier molecular flexibility index (Phi) is 16.0. The van der Waals surface area contributed by atoms with Crippen molar-refractivity contribution in [1.82, 2.24) is 0 Å². The molecule has 0 fully saturated rings. The summed E-state index contributed by atoms with van der Waals surface area (Å²) < 4.78 is 23.3. The summed E-state index contributed by atoms with van der Waals surface area (Å²) in [4.78, 5) is 22.7. The third kappa shape index (κ3) is 12.5. The second-order valence-corrected chi connectivity index (χ2v) is 11.2. The molecule has 0 amide bonds. The van der Waals surface area contributed by atoms with Gasteiger partial charge in [0.15, 0.2) is 0 Å². The van der Waals surface area contributed by atoms with E-state index in [4.69, 9.17) is 0 Å². The van der Waals surface area contributed by atoms with Crippen LogP contribution in [0.3, 0.4) is 0 Å². The second-order valence-electron chi connectivity index (χ2n) is 8.88. The van der Waals surface area contributed by atoms with Crippen LogP contribution in [0.2, 0.25) is 0 Å². The first kappa shape index (κ1) is 29.5. The number of hydrogen-bond donors (Lipinski definition) is 2. The quantitative estimate of drug-likeness (QED) is 0.120. The van der Waals surface area contributed by atoms with E-state index in [2.05, 4.69) is 6.92 Å². The molecule has 0 spiro atoms. The Morgan fingerprint density at radius 3 is 1.45 bits per heavy atom. The lowest BCUT2D eigenvalue weighted by Crippen LogP contribution is -2.08. The fourth-order valence-corrected chi connectivity index (χ4v) is 6.04. The molecule has 1 aromatic rings. The molecule has 0 saturated heterocycles. The fraction of sp³-hybridized carbons (Fsp3) is 0.692. The third-order valence-electron chi connectivity index (χ3n) is 6.08. The summed E-state index contributed by atoms with van der Waals surface area (Å²) in [7, 11) is 0. The molecule has 1 rings (SSSR count). The number of rotatable bonds is 20. The van der Waals surface area contributed by atoms with E-state index in [1.54, 1.807) is 0 Å². The summed E-state index contributed by atoms with van der Waals surface area (Å²) in [5.41, 5.74) is -0.273. The van der Waals surface area contributed by atoms with E-state index in [0.29, 0.717) is 12.0 Å². The van der Waals surface area contributed by atoms with Crippen molar-refractivity contribution in [2.24, 2.45) is 0 Å². The number of aryl methyl sites for hydroxylation is 1. The zero-order chi connectivity index (χ0) is 24.5. The van der Waals surface area contributed by atoms with Gasteiger partial charge in [0.2, 0.25) is 0 Å². The number of aromatic carboxylic acids is 2. The van der Waals surface area contributed by atoms with Crippen molar-refractivity contribution in [2.45, 2.75) is 116 Å². The van der Waals surface area contributed by atoms with E-state index < -0.39 is 37.3 Å². The van der Waals surface area contributed by atoms with Crippen molar-refractivity contribution in [3.05, 3.63) is 32.4 Å². The van der Waals surface area contributed by atoms with E-state index in [1.807, 2.05) is 0 Å². The van der Waals surface area contributed by atoms with Gasteiger partial charge in [-0.05, 0) is 30.5 Å². The maximum atomic E-state index is 11.7. The van der Waals surface area contributed by atoms with Gasteiger partial charge in [0.05, 0.1) is 14.7 Å². The molecule has 0 bridgehead atoms. The molecule has 188 valence electrons. The van der Waals surface area contributed by atoms with Crippen molar-refractivity contribution in [2.75, 3.05) is 0 Å². The van der Waals surface area contributed by atoms with Gasteiger partial charge in [-0.2, -0.15) is 0 Å². The molecular formula is C26H41IO6. The topological polar surface area (TPSA) is 109 Å². The van der Waals surface area contributed by atoms with Gasteiger partial charge in [-0.3, -0.25) is 0 Å². The molecule has 0 aliphatic heterocycles. The molecule has 0 aromatic heterocycles. The minimum atomic E-state index is -4.07. The number of halogens is 1. The lowest BCUT2D eigenvalue weighted by molar-refractivity contribution is 0.0695. The molecule has 0 atom stereocenters. The van der Waals surface area contributed by atoms with Gasteiger partial charge < -0.3 is 10.2 Å². The van der Waals surface area contributed by atoms with Crippen LogP contribution in [0.25, 0.3) is 0 Å². The molecule has 6 nitrogen and oxygen atoms in total. The van der Waals surface area contributed by atoms with Crippen molar-refractivity contribution in [3.63, 3.8) is 0 Å². The summed E-state index contributed by atoms with van der Waals surface area (Å²) in [6.07, 6.45) is 20.2. The normalized spacial score (nSPS) is 11.2. The molecule has 7 heteroatoms. The third-order valence-corrected chi connectivity index (χ3v) is 8.23. The number of hydrogen-bond acceptors (Lipinski definition) is 4. The van der Waals surface area contributed by atoms with Gasteiger partial charge in [0.1, 0.15) is 0 Å². The number of benzene rings is 1. The summed E-state index contributed by atoms with van der Waals surface area (Å²) in [6, 6.07) is 2.26. The smallest absolute Gasteiger partial charge is 0.342 e. The average Bonchev–Trinajstić information content (AvgIpc) is 2.77. The van der Waals surface area contributed by atoms with Crippen molar-refractivity contribution in [1.29, 1.82) is 0 Å². The van der Waals surface area contributed by atoms with Crippen molar-refractivity contribution >= 4 is 31.7 Å². The van der Waals surface area contributed by atoms with Crippen molar-refractivity contribution < 1.29 is 25.9 Å². The number of carboxylic acids is 2. The highest BCUT2D eigenvalue weighted by Crippen LogP contribution is 2.29. The molecule has 0 heterocycles. The number of unbranched alkanes of at least 4 members (excludes halogenated alkanes) is 15. The fourth-order valence-electron chi connectivity index (χ4n) is 4.19. The Morgan fingerprint density at radius 2 is 1.09 bits per heavy atom. The first-order valence-corrected chi connectivity index (χ1v) is 15.4. The molecule has 0 radical (unpaired) electrons. The van der Waals surface area contributed by atoms with E-state index in [1.165, 1.54) is 83.1 Å². The maximum Gasteiger partial charge on any atom is 0.342 e. The van der Waals surface area contributed by atoms with Crippen LogP contribution in [0, 0.1) is 3.57 Å². The van der Waals surface area contributed by atoms with Gasteiger partial charge in [-0.25, -0.2) is 15.7 Å². The highest BCUT2D eigenvalue weighted by Gasteiger charge is 2.21. The van der Waals surface area contributed by atoms with Gasteiger partial charge in [0, 0.05) is 0 Å². The second kappa shape index (κ2) is 17.9. The average molecular weight is 577 g/mol. The molecule has 0 unspecified atom stereocenters. The van der Waals surface area contributed by atoms with Crippen LogP contribution < -0.4 is 0 Å². The van der Waals surface area contributed by atoms with Gasteiger partial charge >= 0.3 is 31.7 Å². The number of carboxylic acid groups (broad SMARTS) is 2. The Morgan fingerprint density at radius 1 is 0.667 bits per heavy atom. The Balaban J connectivity index is 2.23. The highest BCUT2D eigenvalue weighted by atomic mass is 127. The van der Waals surface area contributed by atoms with Crippen LogP contribution in [0.4, 0.5) is 0 Å². The molecule has 1 aromatic carbocycles. The Bertz CT molecular complexity index is 792. The number of carbonyl (C=O) groups is 2. The first-order valence-electron chi connectivity index (χ1n) is 12.6. The first-order chi connectivity index (χ1) is 15.9. The predicted octanol–water partition coefficient (Wildman–Crippen LogP) is 8.25. The van der Waals surface area contributed by atoms with E-state index in [9.17, 15) is 25.9 Å². The zero-order valence-corrected chi connectivity index (χ0v) is 22.2.